The Hall–Kier alpha value is -4.32. The second kappa shape index (κ2) is 13.4. The van der Waals surface area contributed by atoms with Crippen LogP contribution in [0, 0.1) is 5.41 Å². The fourth-order valence-electron chi connectivity index (χ4n) is 4.43. The van der Waals surface area contributed by atoms with E-state index in [2.05, 4.69) is 83.2 Å². The third-order valence-electron chi connectivity index (χ3n) is 6.77. The molecule has 0 amide bonds. The summed E-state index contributed by atoms with van der Waals surface area (Å²) >= 11 is 0. The third-order valence-corrected chi connectivity index (χ3v) is 7.13. The summed E-state index contributed by atoms with van der Waals surface area (Å²) in [5, 5.41) is 16.9. The van der Waals surface area contributed by atoms with Gasteiger partial charge < -0.3 is 25.3 Å². The van der Waals surface area contributed by atoms with Crippen LogP contribution in [0.1, 0.15) is 25.0 Å². The topological polar surface area (TPSA) is 91.2 Å². The zero-order valence-corrected chi connectivity index (χ0v) is 24.5. The molecule has 2 atom stereocenters. The minimum Gasteiger partial charge on any atom is -0.380 e. The third kappa shape index (κ3) is 7.46. The predicted molar refractivity (Wildman–Crippen MR) is 174 cm³/mol. The van der Waals surface area contributed by atoms with Crippen molar-refractivity contribution in [2.75, 3.05) is 17.2 Å². The molecule has 0 saturated carbocycles. The van der Waals surface area contributed by atoms with Crippen molar-refractivity contribution < 1.29 is 4.74 Å². The molecule has 0 radical (unpaired) electrons. The van der Waals surface area contributed by atoms with E-state index in [1.54, 1.807) is 6.33 Å². The van der Waals surface area contributed by atoms with Crippen LogP contribution in [0.3, 0.4) is 0 Å². The Kier molecular flexibility index (Phi) is 9.19. The number of hydrogen-bond acceptors (Lipinski definition) is 6. The molecule has 1 saturated heterocycles. The average molecular weight is 563 g/mol. The highest BCUT2D eigenvalue weighted by atomic mass is 31.0. The summed E-state index contributed by atoms with van der Waals surface area (Å²) in [7, 11) is 2.72. The van der Waals surface area contributed by atoms with E-state index in [0.717, 1.165) is 63.2 Å². The molecule has 3 aromatic carbocycles. The maximum absolute atomic E-state index is 7.95. The lowest BCUT2D eigenvalue weighted by molar-refractivity contribution is 0.383. The maximum Gasteiger partial charge on any atom is 0.141 e. The van der Waals surface area contributed by atoms with Gasteiger partial charge in [-0.15, -0.1) is 9.24 Å². The molecule has 1 aliphatic rings. The Bertz CT molecular complexity index is 1670. The molecule has 8 heteroatoms. The number of rotatable bonds is 9. The lowest BCUT2D eigenvalue weighted by atomic mass is 10.1. The summed E-state index contributed by atoms with van der Waals surface area (Å²) in [6, 6.07) is 22.6. The van der Waals surface area contributed by atoms with Crippen molar-refractivity contribution in [3.63, 3.8) is 0 Å². The van der Waals surface area contributed by atoms with Gasteiger partial charge in [-0.25, -0.2) is 9.97 Å². The zero-order valence-electron chi connectivity index (χ0n) is 23.3. The lowest BCUT2D eigenvalue weighted by Crippen LogP contribution is -2.05. The van der Waals surface area contributed by atoms with Crippen molar-refractivity contribution in [3.05, 3.63) is 109 Å². The number of nitrogens with one attached hydrogen (secondary N) is 3. The molecule has 0 aliphatic carbocycles. The van der Waals surface area contributed by atoms with Crippen LogP contribution < -0.4 is 15.9 Å². The van der Waals surface area contributed by atoms with Crippen LogP contribution in [0.25, 0.3) is 22.0 Å². The van der Waals surface area contributed by atoms with Gasteiger partial charge in [-0.05, 0) is 72.2 Å². The number of benzene rings is 3. The first-order valence-electron chi connectivity index (χ1n) is 13.7. The van der Waals surface area contributed by atoms with Crippen molar-refractivity contribution in [1.29, 1.82) is 5.41 Å². The van der Waals surface area contributed by atoms with E-state index < -0.39 is 0 Å². The van der Waals surface area contributed by atoms with Crippen molar-refractivity contribution >= 4 is 48.9 Å². The highest BCUT2D eigenvalue weighted by Crippen LogP contribution is 2.30. The van der Waals surface area contributed by atoms with Gasteiger partial charge in [0.25, 0.3) is 0 Å². The maximum atomic E-state index is 7.95. The first-order valence-corrected chi connectivity index (χ1v) is 14.2. The lowest BCUT2D eigenvalue weighted by Gasteiger charge is -2.14. The molecule has 7 nitrogen and oxygen atoms in total. The molecule has 5 aromatic rings. The molecule has 1 aliphatic heterocycles. The number of epoxide rings is 1. The van der Waals surface area contributed by atoms with Crippen molar-refractivity contribution in [3.8, 4) is 11.1 Å². The Balaban J connectivity index is 0.000000794. The molecule has 1 fully saturated rings. The molecular formula is C33H35N6OP. The standard InChI is InChI=1S/C29H27N6OP.C4H8/c30-13-22-11-23(5-7-27(22)31-14-19-2-1-3-25(37)10-19)34-29-26-12-20(4-6-28(26)32-18-33-29)21-8-9-35(15-21)16-24-17-36-24;1-3-4-2/h1-13,15,18,24,30-31H,14,16-17,37H2,(H,32,33,34);3-4H,1-2H3. The molecule has 41 heavy (non-hydrogen) atoms. The Morgan fingerprint density at radius 1 is 1.02 bits per heavy atom. The quantitative estimate of drug-likeness (QED) is 0.0784. The van der Waals surface area contributed by atoms with Crippen LogP contribution in [-0.2, 0) is 17.8 Å². The summed E-state index contributed by atoms with van der Waals surface area (Å²) in [5.41, 5.74) is 6.87. The van der Waals surface area contributed by atoms with E-state index in [1.807, 2.05) is 56.3 Å². The summed E-state index contributed by atoms with van der Waals surface area (Å²) in [5.74, 6) is 0.728. The summed E-state index contributed by atoms with van der Waals surface area (Å²) in [6.45, 7) is 6.41. The van der Waals surface area contributed by atoms with Gasteiger partial charge in [0.2, 0.25) is 0 Å². The van der Waals surface area contributed by atoms with E-state index in [4.69, 9.17) is 10.1 Å². The van der Waals surface area contributed by atoms with Gasteiger partial charge in [-0.3, -0.25) is 0 Å². The number of fused-ring (bicyclic) bond motifs is 1. The Morgan fingerprint density at radius 2 is 1.88 bits per heavy atom. The van der Waals surface area contributed by atoms with Gasteiger partial charge in [0, 0.05) is 47.5 Å². The van der Waals surface area contributed by atoms with Crippen molar-refractivity contribution in [1.82, 2.24) is 14.5 Å². The monoisotopic (exact) mass is 562 g/mol. The Morgan fingerprint density at radius 3 is 2.63 bits per heavy atom. The average Bonchev–Trinajstić information content (AvgIpc) is 3.70. The fraction of sp³-hybridized carbons (Fsp3) is 0.182. The van der Waals surface area contributed by atoms with Crippen LogP contribution >= 0.6 is 9.24 Å². The number of anilines is 3. The van der Waals surface area contributed by atoms with E-state index in [1.165, 1.54) is 11.8 Å². The van der Waals surface area contributed by atoms with Gasteiger partial charge in [0.05, 0.1) is 24.8 Å². The van der Waals surface area contributed by atoms with E-state index in [9.17, 15) is 0 Å². The minimum absolute atomic E-state index is 0.343. The van der Waals surface area contributed by atoms with Crippen LogP contribution in [0.2, 0.25) is 0 Å². The minimum atomic E-state index is 0.343. The second-order valence-electron chi connectivity index (χ2n) is 9.84. The van der Waals surface area contributed by atoms with Crippen molar-refractivity contribution in [2.24, 2.45) is 0 Å². The second-order valence-corrected chi connectivity index (χ2v) is 10.5. The molecular weight excluding hydrogens is 527 g/mol. The molecule has 2 aromatic heterocycles. The molecule has 6 rings (SSSR count). The van der Waals surface area contributed by atoms with Gasteiger partial charge in [0.15, 0.2) is 0 Å². The van der Waals surface area contributed by atoms with E-state index in [0.29, 0.717) is 12.6 Å². The molecule has 3 N–H and O–H groups in total. The number of ether oxygens (including phenoxy) is 1. The van der Waals surface area contributed by atoms with Crippen LogP contribution in [0.5, 0.6) is 0 Å². The zero-order chi connectivity index (χ0) is 28.6. The van der Waals surface area contributed by atoms with Crippen LogP contribution in [0.4, 0.5) is 17.2 Å². The highest BCUT2D eigenvalue weighted by Gasteiger charge is 2.22. The number of allylic oxidation sites excluding steroid dienone is 2. The van der Waals surface area contributed by atoms with Crippen LogP contribution in [-0.4, -0.2) is 33.5 Å². The van der Waals surface area contributed by atoms with Crippen molar-refractivity contribution in [2.45, 2.75) is 33.0 Å². The first-order chi connectivity index (χ1) is 20.1. The van der Waals surface area contributed by atoms with Gasteiger partial charge in [-0.2, -0.15) is 0 Å². The summed E-state index contributed by atoms with van der Waals surface area (Å²) in [4.78, 5) is 8.99. The van der Waals surface area contributed by atoms with Gasteiger partial charge in [0.1, 0.15) is 12.1 Å². The van der Waals surface area contributed by atoms with Gasteiger partial charge in [-0.1, -0.05) is 42.5 Å². The van der Waals surface area contributed by atoms with Crippen LogP contribution in [0.15, 0.2) is 97.6 Å². The summed E-state index contributed by atoms with van der Waals surface area (Å²) < 4.78 is 7.53. The smallest absolute Gasteiger partial charge is 0.141 e. The number of nitrogens with zero attached hydrogens (tertiary/aromatic N) is 3. The van der Waals surface area contributed by atoms with E-state index in [-0.39, 0.29) is 0 Å². The van der Waals surface area contributed by atoms with E-state index >= 15 is 0 Å². The first kappa shape index (κ1) is 28.2. The number of aromatic nitrogens is 3. The number of hydrogen-bond donors (Lipinski definition) is 3. The molecule has 3 heterocycles. The molecule has 208 valence electrons. The van der Waals surface area contributed by atoms with Gasteiger partial charge >= 0.3 is 0 Å². The largest absolute Gasteiger partial charge is 0.380 e. The Labute approximate surface area is 243 Å². The highest BCUT2D eigenvalue weighted by molar-refractivity contribution is 7.27. The predicted octanol–water partition coefficient (Wildman–Crippen LogP) is 6.93. The normalized spacial score (nSPS) is 14.0. The fourth-order valence-corrected chi connectivity index (χ4v) is 4.75. The summed E-state index contributed by atoms with van der Waals surface area (Å²) in [6.07, 6.45) is 11.5. The molecule has 0 spiro atoms. The molecule has 0 bridgehead atoms. The molecule has 2 unspecified atom stereocenters. The SMILES string of the molecule is CC=CC.N=Cc1cc(Nc2ncnc3ccc(-c4ccn(CC5CO5)c4)cc23)ccc1NCc1cccc(P)c1.